The van der Waals surface area contributed by atoms with Gasteiger partial charge in [-0.05, 0) is 24.1 Å². The Balaban J connectivity index is 1.93. The molecule has 0 aliphatic heterocycles. The quantitative estimate of drug-likeness (QED) is 0.736. The van der Waals surface area contributed by atoms with Crippen LogP contribution in [0.1, 0.15) is 18.3 Å². The van der Waals surface area contributed by atoms with Gasteiger partial charge in [0.05, 0.1) is 29.5 Å². The Morgan fingerprint density at radius 1 is 1.39 bits per heavy atom. The van der Waals surface area contributed by atoms with E-state index in [1.54, 1.807) is 17.1 Å². The second-order valence-corrected chi connectivity index (χ2v) is 4.36. The minimum absolute atomic E-state index is 0.605. The number of nitrogens with zero attached hydrogens (tertiary/aromatic N) is 3. The summed E-state index contributed by atoms with van der Waals surface area (Å²) in [6, 6.07) is 6.30. The highest BCUT2D eigenvalue weighted by molar-refractivity contribution is 5.75. The van der Waals surface area contributed by atoms with Crippen LogP contribution in [0.4, 0.5) is 5.69 Å². The van der Waals surface area contributed by atoms with Crippen molar-refractivity contribution in [3.05, 3.63) is 42.0 Å². The number of anilines is 1. The van der Waals surface area contributed by atoms with Crippen molar-refractivity contribution in [2.75, 3.05) is 5.73 Å². The highest BCUT2D eigenvalue weighted by Gasteiger charge is 2.04. The maximum absolute atomic E-state index is 5.63. The lowest BCUT2D eigenvalue weighted by Crippen LogP contribution is -2.01. The third-order valence-corrected chi connectivity index (χ3v) is 2.97. The number of H-pyrrole nitrogens is 1. The monoisotopic (exact) mass is 241 g/mol. The van der Waals surface area contributed by atoms with Gasteiger partial charge in [-0.3, -0.25) is 4.68 Å². The first-order valence-electron chi connectivity index (χ1n) is 6.00. The molecule has 0 saturated heterocycles. The number of nitrogens with two attached hydrogens (primary N) is 1. The van der Waals surface area contributed by atoms with Crippen LogP contribution in [0.25, 0.3) is 11.0 Å². The number of aryl methyl sites for hydroxylation is 1. The van der Waals surface area contributed by atoms with Crippen LogP contribution in [0, 0.1) is 0 Å². The van der Waals surface area contributed by atoms with E-state index in [-0.39, 0.29) is 0 Å². The minimum Gasteiger partial charge on any atom is -0.396 e. The molecule has 0 aliphatic carbocycles. The molecule has 92 valence electrons. The number of hydrogen-bond donors (Lipinski definition) is 2. The molecule has 0 atom stereocenters. The fraction of sp³-hybridized carbons (Fsp3) is 0.231. The Morgan fingerprint density at radius 3 is 3.00 bits per heavy atom. The number of rotatable bonds is 3. The summed E-state index contributed by atoms with van der Waals surface area (Å²) in [5.74, 6) is 0.890. The summed E-state index contributed by atoms with van der Waals surface area (Å²) in [4.78, 5) is 7.85. The smallest absolute Gasteiger partial charge is 0.129 e. The van der Waals surface area contributed by atoms with Gasteiger partial charge >= 0.3 is 0 Å². The summed E-state index contributed by atoms with van der Waals surface area (Å²) in [6.45, 7) is 2.75. The average molecular weight is 241 g/mol. The molecule has 0 aliphatic rings. The van der Waals surface area contributed by atoms with Crippen molar-refractivity contribution in [2.45, 2.75) is 19.9 Å². The molecule has 0 fully saturated rings. The molecule has 0 unspecified atom stereocenters. The fourth-order valence-corrected chi connectivity index (χ4v) is 2.02. The van der Waals surface area contributed by atoms with E-state index in [2.05, 4.69) is 34.1 Å². The van der Waals surface area contributed by atoms with Crippen LogP contribution in [0.2, 0.25) is 0 Å². The second kappa shape index (κ2) is 4.18. The van der Waals surface area contributed by atoms with Gasteiger partial charge in [0.25, 0.3) is 0 Å². The van der Waals surface area contributed by atoms with E-state index in [1.165, 1.54) is 5.56 Å². The molecule has 1 aromatic carbocycles. The third kappa shape index (κ3) is 1.95. The first-order chi connectivity index (χ1) is 8.74. The molecule has 18 heavy (non-hydrogen) atoms. The molecule has 2 heterocycles. The molecule has 0 saturated carbocycles. The van der Waals surface area contributed by atoms with Gasteiger partial charge in [-0.25, -0.2) is 4.98 Å². The van der Waals surface area contributed by atoms with Gasteiger partial charge in [-0.1, -0.05) is 13.0 Å². The molecular formula is C13H15N5. The summed E-state index contributed by atoms with van der Waals surface area (Å²) in [5.41, 5.74) is 9.67. The molecule has 5 heteroatoms. The summed E-state index contributed by atoms with van der Waals surface area (Å²) < 4.78 is 1.77. The molecule has 0 spiro atoms. The first-order valence-corrected chi connectivity index (χ1v) is 6.00. The number of fused-ring (bicyclic) bond motifs is 1. The Labute approximate surface area is 105 Å². The Bertz CT molecular complexity index is 680. The Morgan fingerprint density at radius 2 is 2.28 bits per heavy atom. The minimum atomic E-state index is 0.605. The maximum atomic E-state index is 5.63. The molecule has 0 radical (unpaired) electrons. The summed E-state index contributed by atoms with van der Waals surface area (Å²) >= 11 is 0. The molecular weight excluding hydrogens is 226 g/mol. The second-order valence-electron chi connectivity index (χ2n) is 4.36. The highest BCUT2D eigenvalue weighted by Crippen LogP contribution is 2.15. The largest absolute Gasteiger partial charge is 0.396 e. The molecule has 0 amide bonds. The zero-order chi connectivity index (χ0) is 12.5. The normalized spacial score (nSPS) is 11.2. The number of aromatic amines is 1. The Kier molecular flexibility index (Phi) is 2.51. The standard InChI is InChI=1S/C13H15N5/c1-2-9-3-4-11-12(5-9)17-13(16-11)8-18-7-10(14)6-15-18/h3-7H,2,8,14H2,1H3,(H,16,17). The van der Waals surface area contributed by atoms with Gasteiger partial charge in [0, 0.05) is 6.20 Å². The number of nitrogens with one attached hydrogen (secondary N) is 1. The van der Waals surface area contributed by atoms with E-state index in [0.29, 0.717) is 12.2 Å². The summed E-state index contributed by atoms with van der Waals surface area (Å²) in [7, 11) is 0. The first kappa shape index (κ1) is 10.8. The third-order valence-electron chi connectivity index (χ3n) is 2.97. The lowest BCUT2D eigenvalue weighted by molar-refractivity contribution is 0.663. The van der Waals surface area contributed by atoms with Crippen molar-refractivity contribution >= 4 is 16.7 Å². The fourth-order valence-electron chi connectivity index (χ4n) is 2.02. The molecule has 3 aromatic rings. The van der Waals surface area contributed by atoms with Crippen molar-refractivity contribution in [3.8, 4) is 0 Å². The van der Waals surface area contributed by atoms with Crippen LogP contribution in [0.15, 0.2) is 30.6 Å². The van der Waals surface area contributed by atoms with Crippen LogP contribution in [0.5, 0.6) is 0 Å². The van der Waals surface area contributed by atoms with E-state index in [4.69, 9.17) is 5.73 Å². The van der Waals surface area contributed by atoms with Gasteiger partial charge in [0.1, 0.15) is 5.82 Å². The molecule has 3 rings (SSSR count). The molecule has 2 aromatic heterocycles. The van der Waals surface area contributed by atoms with Gasteiger partial charge in [0.2, 0.25) is 0 Å². The number of imidazole rings is 1. The predicted octanol–water partition coefficient (Wildman–Crippen LogP) is 1.95. The number of aromatic nitrogens is 4. The predicted molar refractivity (Wildman–Crippen MR) is 71.2 cm³/mol. The lowest BCUT2D eigenvalue weighted by atomic mass is 10.1. The zero-order valence-corrected chi connectivity index (χ0v) is 10.2. The van der Waals surface area contributed by atoms with Gasteiger partial charge in [0.15, 0.2) is 0 Å². The highest BCUT2D eigenvalue weighted by atomic mass is 15.3. The van der Waals surface area contributed by atoms with Gasteiger partial charge in [-0.2, -0.15) is 5.10 Å². The number of hydrogen-bond acceptors (Lipinski definition) is 3. The van der Waals surface area contributed by atoms with E-state index in [0.717, 1.165) is 23.3 Å². The van der Waals surface area contributed by atoms with E-state index >= 15 is 0 Å². The summed E-state index contributed by atoms with van der Waals surface area (Å²) in [5, 5.41) is 4.15. The SMILES string of the molecule is CCc1ccc2nc(Cn3cc(N)cn3)[nH]c2c1. The lowest BCUT2D eigenvalue weighted by Gasteiger charge is -1.96. The number of benzene rings is 1. The van der Waals surface area contributed by atoms with Crippen LogP contribution in [-0.2, 0) is 13.0 Å². The Hall–Kier alpha value is -2.30. The molecule has 3 N–H and O–H groups in total. The van der Waals surface area contributed by atoms with Crippen molar-refractivity contribution < 1.29 is 0 Å². The van der Waals surface area contributed by atoms with Crippen LogP contribution >= 0.6 is 0 Å². The van der Waals surface area contributed by atoms with Crippen LogP contribution < -0.4 is 5.73 Å². The summed E-state index contributed by atoms with van der Waals surface area (Å²) in [6.07, 6.45) is 4.46. The molecule has 0 bridgehead atoms. The van der Waals surface area contributed by atoms with Gasteiger partial charge in [-0.15, -0.1) is 0 Å². The number of nitrogen functional groups attached to an aromatic ring is 1. The average Bonchev–Trinajstić information content (AvgIpc) is 2.94. The van der Waals surface area contributed by atoms with Crippen LogP contribution in [-0.4, -0.2) is 19.7 Å². The van der Waals surface area contributed by atoms with Gasteiger partial charge < -0.3 is 10.7 Å². The van der Waals surface area contributed by atoms with Crippen molar-refractivity contribution in [2.24, 2.45) is 0 Å². The topological polar surface area (TPSA) is 72.5 Å². The molecule has 5 nitrogen and oxygen atoms in total. The van der Waals surface area contributed by atoms with E-state index < -0.39 is 0 Å². The van der Waals surface area contributed by atoms with Crippen molar-refractivity contribution in [1.29, 1.82) is 0 Å². The van der Waals surface area contributed by atoms with Crippen molar-refractivity contribution in [3.63, 3.8) is 0 Å². The van der Waals surface area contributed by atoms with E-state index in [1.807, 2.05) is 6.07 Å². The van der Waals surface area contributed by atoms with Crippen LogP contribution in [0.3, 0.4) is 0 Å². The van der Waals surface area contributed by atoms with E-state index in [9.17, 15) is 0 Å². The maximum Gasteiger partial charge on any atom is 0.129 e. The van der Waals surface area contributed by atoms with Crippen molar-refractivity contribution in [1.82, 2.24) is 19.7 Å². The zero-order valence-electron chi connectivity index (χ0n) is 10.2.